The molecule has 0 saturated carbocycles. The van der Waals surface area contributed by atoms with E-state index in [0.717, 1.165) is 22.3 Å². The lowest BCUT2D eigenvalue weighted by Gasteiger charge is -2.18. The van der Waals surface area contributed by atoms with E-state index in [-0.39, 0.29) is 11.5 Å². The van der Waals surface area contributed by atoms with Crippen molar-refractivity contribution in [1.29, 1.82) is 5.26 Å². The molecule has 0 spiro atoms. The van der Waals surface area contributed by atoms with Crippen molar-refractivity contribution in [2.45, 2.75) is 13.8 Å². The topological polar surface area (TPSA) is 76.1 Å². The molecule has 4 aromatic carbocycles. The van der Waals surface area contributed by atoms with Crippen LogP contribution in [0.2, 0.25) is 0 Å². The molecule has 0 heterocycles. The minimum absolute atomic E-state index is 0.187. The number of carbonyl (C=O) groups excluding carboxylic acids is 1. The van der Waals surface area contributed by atoms with Crippen molar-refractivity contribution in [3.8, 4) is 34.1 Å². The van der Waals surface area contributed by atoms with Crippen LogP contribution in [0.25, 0.3) is 22.3 Å². The SMILES string of the molecule is COc1ccc(-c2cc(-c3ccc(C)cc3)c(C#N)c(N)c2C(=O)c2ccc(C)cc2)cc1. The van der Waals surface area contributed by atoms with E-state index < -0.39 is 0 Å². The van der Waals surface area contributed by atoms with Crippen LogP contribution in [0.4, 0.5) is 5.69 Å². The van der Waals surface area contributed by atoms with Gasteiger partial charge in [0.1, 0.15) is 11.8 Å². The number of nitrogen functional groups attached to an aromatic ring is 1. The number of hydrogen-bond donors (Lipinski definition) is 1. The van der Waals surface area contributed by atoms with Crippen LogP contribution in [0, 0.1) is 25.2 Å². The van der Waals surface area contributed by atoms with Crippen LogP contribution in [0.15, 0.2) is 78.9 Å². The monoisotopic (exact) mass is 432 g/mol. The number of nitriles is 1. The van der Waals surface area contributed by atoms with E-state index in [9.17, 15) is 10.1 Å². The molecule has 4 rings (SSSR count). The molecule has 0 unspecified atom stereocenters. The molecule has 0 radical (unpaired) electrons. The van der Waals surface area contributed by atoms with Gasteiger partial charge in [-0.25, -0.2) is 0 Å². The first-order chi connectivity index (χ1) is 15.9. The number of hydrogen-bond acceptors (Lipinski definition) is 4. The molecule has 4 nitrogen and oxygen atoms in total. The summed E-state index contributed by atoms with van der Waals surface area (Å²) in [6, 6.07) is 26.9. The van der Waals surface area contributed by atoms with Gasteiger partial charge in [-0.1, -0.05) is 71.8 Å². The van der Waals surface area contributed by atoms with Crippen molar-refractivity contribution >= 4 is 11.5 Å². The van der Waals surface area contributed by atoms with Crippen molar-refractivity contribution in [2.24, 2.45) is 0 Å². The van der Waals surface area contributed by atoms with Gasteiger partial charge in [-0.3, -0.25) is 4.79 Å². The first-order valence-electron chi connectivity index (χ1n) is 10.6. The highest BCUT2D eigenvalue weighted by Gasteiger charge is 2.24. The number of carbonyl (C=O) groups is 1. The summed E-state index contributed by atoms with van der Waals surface area (Å²) in [4.78, 5) is 13.6. The fourth-order valence-electron chi connectivity index (χ4n) is 3.88. The number of methoxy groups -OCH3 is 1. The molecular formula is C29H24N2O2. The van der Waals surface area contributed by atoms with E-state index in [1.807, 2.05) is 80.6 Å². The van der Waals surface area contributed by atoms with Gasteiger partial charge in [-0.2, -0.15) is 5.26 Å². The zero-order valence-electron chi connectivity index (χ0n) is 18.8. The molecule has 0 atom stereocenters. The maximum Gasteiger partial charge on any atom is 0.195 e. The summed E-state index contributed by atoms with van der Waals surface area (Å²) in [5.74, 6) is 0.496. The van der Waals surface area contributed by atoms with Crippen molar-refractivity contribution in [1.82, 2.24) is 0 Å². The number of rotatable bonds is 5. The molecule has 33 heavy (non-hydrogen) atoms. The minimum atomic E-state index is -0.217. The normalized spacial score (nSPS) is 10.5. The summed E-state index contributed by atoms with van der Waals surface area (Å²) >= 11 is 0. The summed E-state index contributed by atoms with van der Waals surface area (Å²) in [6.07, 6.45) is 0. The summed E-state index contributed by atoms with van der Waals surface area (Å²) in [7, 11) is 1.61. The molecule has 2 N–H and O–H groups in total. The van der Waals surface area contributed by atoms with Crippen molar-refractivity contribution in [2.75, 3.05) is 12.8 Å². The van der Waals surface area contributed by atoms with Gasteiger partial charge in [-0.15, -0.1) is 0 Å². The Balaban J connectivity index is 2.01. The number of ether oxygens (including phenoxy) is 1. The number of anilines is 1. The maximum atomic E-state index is 13.6. The Morgan fingerprint density at radius 1 is 0.818 bits per heavy atom. The highest BCUT2D eigenvalue weighted by molar-refractivity contribution is 6.17. The third-order valence-electron chi connectivity index (χ3n) is 5.78. The summed E-state index contributed by atoms with van der Waals surface area (Å²) < 4.78 is 5.29. The van der Waals surface area contributed by atoms with Crippen LogP contribution in [-0.4, -0.2) is 12.9 Å². The fourth-order valence-corrected chi connectivity index (χ4v) is 3.88. The van der Waals surface area contributed by atoms with Crippen LogP contribution in [0.3, 0.4) is 0 Å². The van der Waals surface area contributed by atoms with Crippen LogP contribution < -0.4 is 10.5 Å². The van der Waals surface area contributed by atoms with Crippen LogP contribution in [-0.2, 0) is 0 Å². The Bertz CT molecular complexity index is 1360. The van der Waals surface area contributed by atoms with E-state index in [1.54, 1.807) is 19.2 Å². The number of nitrogens with two attached hydrogens (primary N) is 1. The number of aryl methyl sites for hydroxylation is 2. The molecule has 0 amide bonds. The molecule has 0 saturated heterocycles. The van der Waals surface area contributed by atoms with E-state index in [4.69, 9.17) is 10.5 Å². The molecule has 0 aliphatic heterocycles. The van der Waals surface area contributed by atoms with Gasteiger partial charge in [0.25, 0.3) is 0 Å². The van der Waals surface area contributed by atoms with E-state index in [1.165, 1.54) is 0 Å². The highest BCUT2D eigenvalue weighted by Crippen LogP contribution is 2.39. The quantitative estimate of drug-likeness (QED) is 0.295. The predicted molar refractivity (Wildman–Crippen MR) is 132 cm³/mol. The number of benzene rings is 4. The number of nitrogens with zero attached hydrogens (tertiary/aromatic N) is 1. The smallest absolute Gasteiger partial charge is 0.195 e. The van der Waals surface area contributed by atoms with Gasteiger partial charge in [-0.05, 0) is 48.7 Å². The van der Waals surface area contributed by atoms with Gasteiger partial charge in [0, 0.05) is 11.1 Å². The lowest BCUT2D eigenvalue weighted by atomic mass is 9.86. The summed E-state index contributed by atoms with van der Waals surface area (Å²) in [5.41, 5.74) is 13.1. The van der Waals surface area contributed by atoms with Crippen LogP contribution in [0.1, 0.15) is 32.6 Å². The second-order valence-electron chi connectivity index (χ2n) is 8.04. The molecule has 4 aromatic rings. The summed E-state index contributed by atoms with van der Waals surface area (Å²) in [6.45, 7) is 3.98. The third kappa shape index (κ3) is 4.22. The lowest BCUT2D eigenvalue weighted by Crippen LogP contribution is -2.10. The maximum absolute atomic E-state index is 13.6. The van der Waals surface area contributed by atoms with Crippen molar-refractivity contribution < 1.29 is 9.53 Å². The lowest BCUT2D eigenvalue weighted by molar-refractivity contribution is 0.104. The van der Waals surface area contributed by atoms with Gasteiger partial charge in [0.2, 0.25) is 0 Å². The van der Waals surface area contributed by atoms with Gasteiger partial charge in [0.15, 0.2) is 5.78 Å². The fraction of sp³-hybridized carbons (Fsp3) is 0.103. The average molecular weight is 433 g/mol. The van der Waals surface area contributed by atoms with E-state index in [0.29, 0.717) is 33.6 Å². The first-order valence-corrected chi connectivity index (χ1v) is 10.6. The average Bonchev–Trinajstić information content (AvgIpc) is 2.84. The molecule has 4 heteroatoms. The van der Waals surface area contributed by atoms with E-state index >= 15 is 0 Å². The summed E-state index contributed by atoms with van der Waals surface area (Å²) in [5, 5.41) is 10.0. The van der Waals surface area contributed by atoms with Crippen LogP contribution in [0.5, 0.6) is 5.75 Å². The molecule has 0 aliphatic rings. The Hall–Kier alpha value is -4.36. The first kappa shape index (κ1) is 21.9. The molecular weight excluding hydrogens is 408 g/mol. The molecule has 0 fully saturated rings. The molecule has 162 valence electrons. The zero-order chi connectivity index (χ0) is 23.5. The van der Waals surface area contributed by atoms with Gasteiger partial charge in [0.05, 0.1) is 23.9 Å². The van der Waals surface area contributed by atoms with Gasteiger partial charge < -0.3 is 10.5 Å². The second-order valence-corrected chi connectivity index (χ2v) is 8.04. The largest absolute Gasteiger partial charge is 0.497 e. The molecule has 0 aliphatic carbocycles. The van der Waals surface area contributed by atoms with Crippen LogP contribution >= 0.6 is 0 Å². The Labute approximate surface area is 193 Å². The van der Waals surface area contributed by atoms with Crippen molar-refractivity contribution in [3.63, 3.8) is 0 Å². The minimum Gasteiger partial charge on any atom is -0.497 e. The molecule has 0 aromatic heterocycles. The van der Waals surface area contributed by atoms with Gasteiger partial charge >= 0.3 is 0 Å². The zero-order valence-corrected chi connectivity index (χ0v) is 18.8. The standard InChI is InChI=1S/C29H24N2O2/c1-18-4-8-20(9-5-18)24-16-25(21-12-14-23(33-3)15-13-21)27(28(31)26(24)17-30)29(32)22-10-6-19(2)7-11-22/h4-16H,31H2,1-3H3. The predicted octanol–water partition coefficient (Wildman–Crippen LogP) is 6.33. The van der Waals surface area contributed by atoms with E-state index in [2.05, 4.69) is 6.07 Å². The van der Waals surface area contributed by atoms with Crippen molar-refractivity contribution in [3.05, 3.63) is 107 Å². The Kier molecular flexibility index (Phi) is 5.97. The molecule has 0 bridgehead atoms. The Morgan fingerprint density at radius 2 is 1.33 bits per heavy atom. The number of ketones is 1. The second kappa shape index (κ2) is 9.02. The Morgan fingerprint density at radius 3 is 1.88 bits per heavy atom. The highest BCUT2D eigenvalue weighted by atomic mass is 16.5. The third-order valence-corrected chi connectivity index (χ3v) is 5.78.